The molecule has 0 radical (unpaired) electrons. The van der Waals surface area contributed by atoms with Gasteiger partial charge in [-0.05, 0) is 31.0 Å². The van der Waals surface area contributed by atoms with Crippen LogP contribution in [0.5, 0.6) is 0 Å². The van der Waals surface area contributed by atoms with Crippen molar-refractivity contribution in [3.63, 3.8) is 0 Å². The molecule has 9 heteroatoms. The van der Waals surface area contributed by atoms with Gasteiger partial charge < -0.3 is 20.7 Å². The van der Waals surface area contributed by atoms with E-state index in [0.717, 1.165) is 0 Å². The summed E-state index contributed by atoms with van der Waals surface area (Å²) in [6, 6.07) is 6.47. The molecule has 2 heterocycles. The van der Waals surface area contributed by atoms with E-state index in [2.05, 4.69) is 33.1 Å². The highest BCUT2D eigenvalue weighted by molar-refractivity contribution is 5.76. The number of nitrogen functional groups attached to an aromatic ring is 1. The molecule has 1 aromatic carbocycles. The van der Waals surface area contributed by atoms with Crippen molar-refractivity contribution in [1.82, 2.24) is 19.5 Å². The van der Waals surface area contributed by atoms with Gasteiger partial charge in [0.25, 0.3) is 0 Å². The highest BCUT2D eigenvalue weighted by Crippen LogP contribution is 2.36. The van der Waals surface area contributed by atoms with E-state index in [1.165, 1.54) is 18.5 Å². The smallest absolute Gasteiger partial charge is 0.149 e. The third-order valence-electron chi connectivity index (χ3n) is 4.58. The second-order valence-electron chi connectivity index (χ2n) is 6.26. The molecule has 0 spiro atoms. The van der Waals surface area contributed by atoms with E-state index in [1.54, 1.807) is 6.07 Å². The van der Waals surface area contributed by atoms with Crippen molar-refractivity contribution in [1.29, 1.82) is 5.26 Å². The number of nitrogens with zero attached hydrogens (tertiary/aromatic N) is 5. The standard InChI is InChI=1S/C17H16FN7O.C2H2/c18-9-1-2-13-14(3-9)25(10-4-11(26)5-10)15(24-13)7-21-17-12(6-19)16(20)22-8-23-17;1-2/h1-3,8,10-11,26H,4-5,7H2,(H3,20,21,22,23);1-2H. The maximum absolute atomic E-state index is 13.7. The Balaban J connectivity index is 0.00000109. The number of halogens is 1. The number of hydrogen-bond acceptors (Lipinski definition) is 7. The lowest BCUT2D eigenvalue weighted by Crippen LogP contribution is -2.32. The van der Waals surface area contributed by atoms with Gasteiger partial charge in [0.2, 0.25) is 0 Å². The van der Waals surface area contributed by atoms with Crippen LogP contribution in [0.25, 0.3) is 11.0 Å². The van der Waals surface area contributed by atoms with Crippen molar-refractivity contribution >= 4 is 22.7 Å². The van der Waals surface area contributed by atoms with E-state index in [1.807, 2.05) is 10.6 Å². The zero-order valence-electron chi connectivity index (χ0n) is 14.9. The van der Waals surface area contributed by atoms with Crippen LogP contribution >= 0.6 is 0 Å². The summed E-state index contributed by atoms with van der Waals surface area (Å²) < 4.78 is 15.6. The van der Waals surface area contributed by atoms with Crippen molar-refractivity contribution in [2.24, 2.45) is 0 Å². The van der Waals surface area contributed by atoms with Crippen LogP contribution in [0.2, 0.25) is 0 Å². The Kier molecular flexibility index (Phi) is 5.39. The zero-order valence-corrected chi connectivity index (χ0v) is 14.9. The number of nitrogens with one attached hydrogen (secondary N) is 1. The molecule has 1 aliphatic rings. The number of aliphatic hydroxyl groups excluding tert-OH is 1. The van der Waals surface area contributed by atoms with Crippen LogP contribution in [-0.2, 0) is 6.54 Å². The minimum atomic E-state index is -0.348. The first-order chi connectivity index (χ1) is 13.6. The van der Waals surface area contributed by atoms with Crippen LogP contribution in [0.1, 0.15) is 30.3 Å². The summed E-state index contributed by atoms with van der Waals surface area (Å²) in [4.78, 5) is 12.4. The number of anilines is 2. The Morgan fingerprint density at radius 1 is 1.36 bits per heavy atom. The summed E-state index contributed by atoms with van der Waals surface area (Å²) in [6.07, 6.45) is 10.1. The highest BCUT2D eigenvalue weighted by Gasteiger charge is 2.31. The Labute approximate surface area is 160 Å². The SMILES string of the molecule is C#C.N#Cc1c(N)ncnc1NCc1nc2ccc(F)cc2n1C1CC(O)C1. The predicted molar refractivity (Wildman–Crippen MR) is 102 cm³/mol. The number of nitrogens with two attached hydrogens (primary N) is 1. The monoisotopic (exact) mass is 379 g/mol. The first-order valence-electron chi connectivity index (χ1n) is 8.49. The predicted octanol–water partition coefficient (Wildman–Crippen LogP) is 1.98. The second-order valence-corrected chi connectivity index (χ2v) is 6.26. The minimum absolute atomic E-state index is 0.0551. The Morgan fingerprint density at radius 3 is 2.79 bits per heavy atom. The molecule has 0 atom stereocenters. The van der Waals surface area contributed by atoms with Crippen LogP contribution < -0.4 is 11.1 Å². The Bertz CT molecular complexity index is 1060. The maximum Gasteiger partial charge on any atom is 0.149 e. The van der Waals surface area contributed by atoms with Crippen molar-refractivity contribution in [2.45, 2.75) is 31.5 Å². The van der Waals surface area contributed by atoms with Crippen molar-refractivity contribution in [2.75, 3.05) is 11.1 Å². The summed E-state index contributed by atoms with van der Waals surface area (Å²) in [5.74, 6) is 0.748. The zero-order chi connectivity index (χ0) is 20.3. The van der Waals surface area contributed by atoms with Gasteiger partial charge in [-0.2, -0.15) is 5.26 Å². The van der Waals surface area contributed by atoms with Crippen LogP contribution in [0.4, 0.5) is 16.0 Å². The van der Waals surface area contributed by atoms with E-state index < -0.39 is 0 Å². The summed E-state index contributed by atoms with van der Waals surface area (Å²) in [6.45, 7) is 0.272. The van der Waals surface area contributed by atoms with Crippen LogP contribution in [0.3, 0.4) is 0 Å². The van der Waals surface area contributed by atoms with Gasteiger partial charge in [-0.25, -0.2) is 19.3 Å². The number of terminal acetylenes is 1. The number of fused-ring (bicyclic) bond motifs is 1. The fraction of sp³-hybridized carbons (Fsp3) is 0.263. The van der Waals surface area contributed by atoms with Crippen molar-refractivity contribution in [3.8, 4) is 18.9 Å². The molecule has 0 aliphatic heterocycles. The lowest BCUT2D eigenvalue weighted by atomic mass is 9.89. The van der Waals surface area contributed by atoms with E-state index in [-0.39, 0.29) is 35.9 Å². The Hall–Kier alpha value is -3.69. The molecule has 0 bridgehead atoms. The number of rotatable bonds is 4. The third kappa shape index (κ3) is 3.43. The molecular weight excluding hydrogens is 361 g/mol. The molecular formula is C19H18FN7O. The fourth-order valence-corrected chi connectivity index (χ4v) is 3.22. The molecule has 2 aromatic heterocycles. The largest absolute Gasteiger partial charge is 0.393 e. The molecule has 4 N–H and O–H groups in total. The van der Waals surface area contributed by atoms with Gasteiger partial charge >= 0.3 is 0 Å². The Morgan fingerprint density at radius 2 is 2.11 bits per heavy atom. The minimum Gasteiger partial charge on any atom is -0.393 e. The summed E-state index contributed by atoms with van der Waals surface area (Å²) in [5.41, 5.74) is 7.22. The lowest BCUT2D eigenvalue weighted by Gasteiger charge is -2.34. The molecule has 0 unspecified atom stereocenters. The maximum atomic E-state index is 13.7. The highest BCUT2D eigenvalue weighted by atomic mass is 19.1. The molecule has 3 aromatic rings. The first kappa shape index (κ1) is 19.1. The van der Waals surface area contributed by atoms with Gasteiger partial charge in [-0.15, -0.1) is 12.8 Å². The molecule has 0 amide bonds. The summed E-state index contributed by atoms with van der Waals surface area (Å²) in [5, 5.41) is 21.9. The second kappa shape index (κ2) is 7.91. The van der Waals surface area contributed by atoms with Gasteiger partial charge in [-0.3, -0.25) is 0 Å². The van der Waals surface area contributed by atoms with E-state index >= 15 is 0 Å². The van der Waals surface area contributed by atoms with Gasteiger partial charge in [0, 0.05) is 6.04 Å². The molecule has 4 rings (SSSR count). The lowest BCUT2D eigenvalue weighted by molar-refractivity contribution is 0.0491. The van der Waals surface area contributed by atoms with Gasteiger partial charge in [-0.1, -0.05) is 0 Å². The van der Waals surface area contributed by atoms with Crippen molar-refractivity contribution in [3.05, 3.63) is 41.7 Å². The average Bonchev–Trinajstić information content (AvgIpc) is 3.02. The molecule has 1 fully saturated rings. The number of aromatic nitrogens is 4. The third-order valence-corrected chi connectivity index (χ3v) is 4.58. The van der Waals surface area contributed by atoms with E-state index in [4.69, 9.17) is 5.73 Å². The van der Waals surface area contributed by atoms with Crippen LogP contribution in [-0.4, -0.2) is 30.7 Å². The summed E-state index contributed by atoms with van der Waals surface area (Å²) in [7, 11) is 0. The van der Waals surface area contributed by atoms with Gasteiger partial charge in [0.15, 0.2) is 0 Å². The van der Waals surface area contributed by atoms with Crippen LogP contribution in [0, 0.1) is 30.0 Å². The molecule has 1 aliphatic carbocycles. The number of benzene rings is 1. The van der Waals surface area contributed by atoms with E-state index in [0.29, 0.717) is 35.5 Å². The first-order valence-corrected chi connectivity index (χ1v) is 8.49. The molecule has 8 nitrogen and oxygen atoms in total. The van der Waals surface area contributed by atoms with Crippen LogP contribution in [0.15, 0.2) is 24.5 Å². The molecule has 0 saturated heterocycles. The van der Waals surface area contributed by atoms with Gasteiger partial charge in [0.05, 0.1) is 23.7 Å². The van der Waals surface area contributed by atoms with Gasteiger partial charge in [0.1, 0.15) is 41.2 Å². The molecule has 1 saturated carbocycles. The average molecular weight is 379 g/mol. The van der Waals surface area contributed by atoms with Crippen molar-refractivity contribution < 1.29 is 9.50 Å². The topological polar surface area (TPSA) is 126 Å². The number of hydrogen-bond donors (Lipinski definition) is 3. The normalized spacial score (nSPS) is 17.8. The number of imidazole rings is 1. The fourth-order valence-electron chi connectivity index (χ4n) is 3.22. The molecule has 142 valence electrons. The molecule has 28 heavy (non-hydrogen) atoms. The number of nitriles is 1. The summed E-state index contributed by atoms with van der Waals surface area (Å²) >= 11 is 0. The quantitative estimate of drug-likeness (QED) is 0.592. The van der Waals surface area contributed by atoms with E-state index in [9.17, 15) is 14.8 Å². The number of aliphatic hydroxyl groups is 1.